The van der Waals surface area contributed by atoms with Gasteiger partial charge in [-0.1, -0.05) is 23.4 Å². The van der Waals surface area contributed by atoms with Crippen LogP contribution in [0.15, 0.2) is 40.3 Å². The molecule has 128 valence electrons. The summed E-state index contributed by atoms with van der Waals surface area (Å²) in [6, 6.07) is 8.22. The number of hydrogen-bond donors (Lipinski definition) is 2. The maximum absolute atomic E-state index is 11.9. The molecule has 2 N–H and O–H groups in total. The Morgan fingerprint density at radius 3 is 2.75 bits per heavy atom. The number of hydrogen-bond acceptors (Lipinski definition) is 5. The first-order valence-electron chi connectivity index (χ1n) is 7.32. The third kappa shape index (κ3) is 6.35. The Morgan fingerprint density at radius 1 is 1.38 bits per heavy atom. The van der Waals surface area contributed by atoms with E-state index in [1.807, 2.05) is 13.8 Å². The first-order valence-corrected chi connectivity index (χ1v) is 8.69. The number of rotatable bonds is 7. The number of carbonyl (C=O) groups excluding carboxylic acids is 1. The van der Waals surface area contributed by atoms with E-state index in [1.165, 1.54) is 6.07 Å². The van der Waals surface area contributed by atoms with Crippen LogP contribution in [-0.4, -0.2) is 27.7 Å². The minimum Gasteiger partial charge on any atom is -0.373 e. The SMILES string of the molecule is CC(C)OCc1cc(=O)[nH]c(SCC(=O)Nc2ccc(Cl)cc2)n1. The molecule has 1 heterocycles. The van der Waals surface area contributed by atoms with Gasteiger partial charge in [-0.05, 0) is 38.1 Å². The van der Waals surface area contributed by atoms with Crippen molar-refractivity contribution in [2.45, 2.75) is 31.7 Å². The fourth-order valence-corrected chi connectivity index (χ4v) is 2.56. The average Bonchev–Trinajstić information content (AvgIpc) is 2.53. The lowest BCUT2D eigenvalue weighted by Gasteiger charge is -2.08. The van der Waals surface area contributed by atoms with E-state index in [0.717, 1.165) is 11.8 Å². The van der Waals surface area contributed by atoms with Crippen LogP contribution in [0.4, 0.5) is 5.69 Å². The monoisotopic (exact) mass is 367 g/mol. The van der Waals surface area contributed by atoms with E-state index in [0.29, 0.717) is 21.6 Å². The van der Waals surface area contributed by atoms with Crippen molar-refractivity contribution in [3.05, 3.63) is 51.4 Å². The van der Waals surface area contributed by atoms with Crippen molar-refractivity contribution in [1.29, 1.82) is 0 Å². The van der Waals surface area contributed by atoms with Crippen LogP contribution >= 0.6 is 23.4 Å². The molecule has 0 unspecified atom stereocenters. The molecule has 0 radical (unpaired) electrons. The van der Waals surface area contributed by atoms with Crippen molar-refractivity contribution < 1.29 is 9.53 Å². The van der Waals surface area contributed by atoms with E-state index < -0.39 is 0 Å². The summed E-state index contributed by atoms with van der Waals surface area (Å²) in [4.78, 5) is 30.5. The van der Waals surface area contributed by atoms with Crippen LogP contribution in [0, 0.1) is 0 Å². The molecule has 0 spiro atoms. The van der Waals surface area contributed by atoms with Gasteiger partial charge in [0.05, 0.1) is 24.2 Å². The Hall–Kier alpha value is -1.83. The van der Waals surface area contributed by atoms with Crippen molar-refractivity contribution in [2.24, 2.45) is 0 Å². The molecule has 0 bridgehead atoms. The molecule has 6 nitrogen and oxygen atoms in total. The third-order valence-corrected chi connectivity index (χ3v) is 3.93. The van der Waals surface area contributed by atoms with Gasteiger partial charge in [-0.15, -0.1) is 0 Å². The number of nitrogens with zero attached hydrogens (tertiary/aromatic N) is 1. The molecule has 0 aliphatic rings. The number of nitrogens with one attached hydrogen (secondary N) is 2. The number of benzene rings is 1. The van der Waals surface area contributed by atoms with Crippen molar-refractivity contribution in [3.63, 3.8) is 0 Å². The molecule has 1 aromatic carbocycles. The highest BCUT2D eigenvalue weighted by Gasteiger charge is 2.08. The summed E-state index contributed by atoms with van der Waals surface area (Å²) in [5.41, 5.74) is 0.923. The van der Waals surface area contributed by atoms with Gasteiger partial charge in [-0.3, -0.25) is 9.59 Å². The molecule has 0 saturated heterocycles. The molecule has 0 fully saturated rings. The Morgan fingerprint density at radius 2 is 2.08 bits per heavy atom. The maximum atomic E-state index is 11.9. The normalized spacial score (nSPS) is 10.8. The minimum absolute atomic E-state index is 0.0485. The second kappa shape index (κ2) is 8.86. The minimum atomic E-state index is -0.270. The summed E-state index contributed by atoms with van der Waals surface area (Å²) >= 11 is 6.95. The molecule has 0 aliphatic heterocycles. The van der Waals surface area contributed by atoms with Gasteiger partial charge in [0.15, 0.2) is 5.16 Å². The second-order valence-electron chi connectivity index (χ2n) is 5.25. The van der Waals surface area contributed by atoms with E-state index in [4.69, 9.17) is 16.3 Å². The third-order valence-electron chi connectivity index (χ3n) is 2.81. The van der Waals surface area contributed by atoms with Gasteiger partial charge in [0.25, 0.3) is 5.56 Å². The lowest BCUT2D eigenvalue weighted by atomic mass is 10.3. The summed E-state index contributed by atoms with van der Waals surface area (Å²) in [6.07, 6.45) is 0.0485. The highest BCUT2D eigenvalue weighted by molar-refractivity contribution is 7.99. The van der Waals surface area contributed by atoms with Crippen LogP contribution in [0.5, 0.6) is 0 Å². The number of aromatic nitrogens is 2. The fourth-order valence-electron chi connectivity index (χ4n) is 1.74. The largest absolute Gasteiger partial charge is 0.373 e. The number of anilines is 1. The van der Waals surface area contributed by atoms with Gasteiger partial charge >= 0.3 is 0 Å². The van der Waals surface area contributed by atoms with Crippen LogP contribution < -0.4 is 10.9 Å². The van der Waals surface area contributed by atoms with E-state index >= 15 is 0 Å². The smallest absolute Gasteiger partial charge is 0.251 e. The summed E-state index contributed by atoms with van der Waals surface area (Å²) < 4.78 is 5.44. The number of aromatic amines is 1. The van der Waals surface area contributed by atoms with Gasteiger partial charge in [0.2, 0.25) is 5.91 Å². The van der Waals surface area contributed by atoms with Crippen LogP contribution in [0.25, 0.3) is 0 Å². The zero-order valence-electron chi connectivity index (χ0n) is 13.3. The van der Waals surface area contributed by atoms with Gasteiger partial charge in [0.1, 0.15) is 0 Å². The summed E-state index contributed by atoms with van der Waals surface area (Å²) in [6.45, 7) is 4.07. The molecule has 1 aromatic heterocycles. The highest BCUT2D eigenvalue weighted by Crippen LogP contribution is 2.15. The fraction of sp³-hybridized carbons (Fsp3) is 0.312. The Bertz CT molecular complexity index is 747. The average molecular weight is 368 g/mol. The standard InChI is InChI=1S/C16H18ClN3O3S/c1-10(2)23-8-13-7-14(21)20-16(19-13)24-9-15(22)18-12-5-3-11(17)4-6-12/h3-7,10H,8-9H2,1-2H3,(H,18,22)(H,19,20,21). The maximum Gasteiger partial charge on any atom is 0.251 e. The number of thioether (sulfide) groups is 1. The van der Waals surface area contributed by atoms with Crippen molar-refractivity contribution in [3.8, 4) is 0 Å². The lowest BCUT2D eigenvalue weighted by molar-refractivity contribution is -0.113. The van der Waals surface area contributed by atoms with Crippen LogP contribution in [0.2, 0.25) is 5.02 Å². The zero-order chi connectivity index (χ0) is 17.5. The number of H-pyrrole nitrogens is 1. The predicted octanol–water partition coefficient (Wildman–Crippen LogP) is 3.08. The lowest BCUT2D eigenvalue weighted by Crippen LogP contribution is -2.16. The molecule has 2 aromatic rings. The predicted molar refractivity (Wildman–Crippen MR) is 95.6 cm³/mol. The zero-order valence-corrected chi connectivity index (χ0v) is 14.9. The number of carbonyl (C=O) groups is 1. The van der Waals surface area contributed by atoms with Gasteiger partial charge in [0, 0.05) is 16.8 Å². The highest BCUT2D eigenvalue weighted by atomic mass is 35.5. The van der Waals surface area contributed by atoms with E-state index in [-0.39, 0.29) is 29.9 Å². The molecule has 8 heteroatoms. The van der Waals surface area contributed by atoms with Crippen molar-refractivity contribution in [1.82, 2.24) is 9.97 Å². The van der Waals surface area contributed by atoms with E-state index in [9.17, 15) is 9.59 Å². The molecule has 0 atom stereocenters. The van der Waals surface area contributed by atoms with Crippen molar-refractivity contribution in [2.75, 3.05) is 11.1 Å². The van der Waals surface area contributed by atoms with Crippen LogP contribution in [0.3, 0.4) is 0 Å². The molecular weight excluding hydrogens is 350 g/mol. The molecule has 0 aliphatic carbocycles. The molecule has 1 amide bonds. The first kappa shape index (κ1) is 18.5. The number of halogens is 1. The topological polar surface area (TPSA) is 84.1 Å². The first-order chi connectivity index (χ1) is 11.4. The van der Waals surface area contributed by atoms with Gasteiger partial charge in [-0.2, -0.15) is 0 Å². The van der Waals surface area contributed by atoms with Gasteiger partial charge in [-0.25, -0.2) is 4.98 Å². The molecule has 2 rings (SSSR count). The second-order valence-corrected chi connectivity index (χ2v) is 6.65. The quantitative estimate of drug-likeness (QED) is 0.580. The number of amides is 1. The summed E-state index contributed by atoms with van der Waals surface area (Å²) in [5.74, 6) is -0.0751. The Labute approximate surface area is 149 Å². The van der Waals surface area contributed by atoms with Crippen molar-refractivity contribution >= 4 is 35.0 Å². The molecule has 0 saturated carbocycles. The summed E-state index contributed by atoms with van der Waals surface area (Å²) in [7, 11) is 0. The van der Waals surface area contributed by atoms with Crippen LogP contribution in [-0.2, 0) is 16.1 Å². The Balaban J connectivity index is 1.92. The van der Waals surface area contributed by atoms with E-state index in [2.05, 4.69) is 15.3 Å². The molecular formula is C16H18ClN3O3S. The van der Waals surface area contributed by atoms with Gasteiger partial charge < -0.3 is 15.0 Å². The van der Waals surface area contributed by atoms with E-state index in [1.54, 1.807) is 24.3 Å². The number of ether oxygens (including phenoxy) is 1. The Kier molecular flexibility index (Phi) is 6.84. The summed E-state index contributed by atoms with van der Waals surface area (Å²) in [5, 5.41) is 3.73. The van der Waals surface area contributed by atoms with Crippen LogP contribution in [0.1, 0.15) is 19.5 Å². The molecule has 24 heavy (non-hydrogen) atoms.